The van der Waals surface area contributed by atoms with Crippen LogP contribution in [0.2, 0.25) is 0 Å². The minimum Gasteiger partial charge on any atom is -0.458 e. The number of halogens is 2. The normalized spacial score (nSPS) is 25.1. The first kappa shape index (κ1) is 17.5. The van der Waals surface area contributed by atoms with Gasteiger partial charge < -0.3 is 24.4 Å². The Labute approximate surface area is 127 Å². The van der Waals surface area contributed by atoms with Crippen LogP contribution < -0.4 is 0 Å². The lowest BCUT2D eigenvalue weighted by Gasteiger charge is -2.47. The van der Waals surface area contributed by atoms with Gasteiger partial charge in [0.2, 0.25) is 0 Å². The zero-order valence-corrected chi connectivity index (χ0v) is 12.5. The third-order valence-electron chi connectivity index (χ3n) is 4.28. The maximum absolute atomic E-state index is 12.8. The van der Waals surface area contributed by atoms with E-state index in [1.807, 2.05) is 0 Å². The van der Waals surface area contributed by atoms with Crippen molar-refractivity contribution in [2.75, 3.05) is 26.4 Å². The Hall–Kier alpha value is -0.830. The van der Waals surface area contributed by atoms with E-state index in [2.05, 4.69) is 0 Å². The van der Waals surface area contributed by atoms with Crippen molar-refractivity contribution in [3.05, 3.63) is 0 Å². The Kier molecular flexibility index (Phi) is 5.06. The van der Waals surface area contributed by atoms with Crippen LogP contribution in [0.15, 0.2) is 0 Å². The largest absolute Gasteiger partial charge is 0.458 e. The number of hydrogen-bond acceptors (Lipinski definition) is 6. The maximum atomic E-state index is 12.8. The number of rotatable bonds is 4. The van der Waals surface area contributed by atoms with Gasteiger partial charge in [-0.05, 0) is 12.8 Å². The SMILES string of the molecule is CC(F)(F)C(=O)OC1CCC2(CC1)OCC(CO)(CO)CO2. The van der Waals surface area contributed by atoms with Crippen molar-refractivity contribution < 1.29 is 38.0 Å². The zero-order chi connectivity index (χ0) is 16.4. The van der Waals surface area contributed by atoms with Crippen molar-refractivity contribution in [3.63, 3.8) is 0 Å². The highest BCUT2D eigenvalue weighted by Crippen LogP contribution is 2.40. The van der Waals surface area contributed by atoms with Crippen molar-refractivity contribution in [2.45, 2.75) is 50.4 Å². The molecule has 0 unspecified atom stereocenters. The molecule has 1 aliphatic carbocycles. The zero-order valence-electron chi connectivity index (χ0n) is 12.5. The van der Waals surface area contributed by atoms with E-state index in [0.717, 1.165) is 0 Å². The molecule has 128 valence electrons. The summed E-state index contributed by atoms with van der Waals surface area (Å²) >= 11 is 0. The molecule has 22 heavy (non-hydrogen) atoms. The molecule has 0 aromatic heterocycles. The highest BCUT2D eigenvalue weighted by molar-refractivity contribution is 5.77. The Morgan fingerprint density at radius 3 is 2.14 bits per heavy atom. The fourth-order valence-electron chi connectivity index (χ4n) is 2.58. The lowest BCUT2D eigenvalue weighted by molar-refractivity contribution is -0.326. The molecule has 2 rings (SSSR count). The molecular weight excluding hydrogens is 302 g/mol. The molecule has 2 N–H and O–H groups in total. The van der Waals surface area contributed by atoms with Crippen LogP contribution >= 0.6 is 0 Å². The van der Waals surface area contributed by atoms with Crippen LogP contribution in [0.3, 0.4) is 0 Å². The van der Waals surface area contributed by atoms with E-state index in [1.54, 1.807) is 0 Å². The summed E-state index contributed by atoms with van der Waals surface area (Å²) in [6.07, 6.45) is 0.985. The fraction of sp³-hybridized carbons (Fsp3) is 0.929. The number of alkyl halides is 2. The lowest BCUT2D eigenvalue weighted by Crippen LogP contribution is -2.54. The first-order valence-electron chi connectivity index (χ1n) is 7.33. The van der Waals surface area contributed by atoms with E-state index in [1.165, 1.54) is 0 Å². The summed E-state index contributed by atoms with van der Waals surface area (Å²) < 4.78 is 41.8. The number of ether oxygens (including phenoxy) is 3. The van der Waals surface area contributed by atoms with Gasteiger partial charge in [0.1, 0.15) is 6.10 Å². The second kappa shape index (κ2) is 6.35. The summed E-state index contributed by atoms with van der Waals surface area (Å²) in [5.41, 5.74) is -0.807. The van der Waals surface area contributed by atoms with Gasteiger partial charge in [-0.1, -0.05) is 0 Å². The van der Waals surface area contributed by atoms with Gasteiger partial charge in [-0.25, -0.2) is 4.79 Å². The molecule has 0 amide bonds. The second-order valence-corrected chi connectivity index (χ2v) is 6.30. The molecule has 1 saturated heterocycles. The number of aliphatic hydroxyl groups is 2. The lowest BCUT2D eigenvalue weighted by atomic mass is 9.87. The smallest absolute Gasteiger partial charge is 0.376 e. The molecular formula is C14H22F2O6. The van der Waals surface area contributed by atoms with Crippen molar-refractivity contribution >= 4 is 5.97 Å². The molecule has 1 heterocycles. The predicted octanol–water partition coefficient (Wildman–Crippen LogP) is 0.841. The van der Waals surface area contributed by atoms with E-state index in [-0.39, 0.29) is 26.4 Å². The second-order valence-electron chi connectivity index (χ2n) is 6.30. The molecule has 1 spiro atoms. The Morgan fingerprint density at radius 1 is 1.23 bits per heavy atom. The molecule has 2 aliphatic rings. The number of hydrogen-bond donors (Lipinski definition) is 2. The number of carbonyl (C=O) groups excluding carboxylic acids is 1. The molecule has 6 nitrogen and oxygen atoms in total. The minimum absolute atomic E-state index is 0.164. The number of esters is 1. The quantitative estimate of drug-likeness (QED) is 0.746. The summed E-state index contributed by atoms with van der Waals surface area (Å²) in [4.78, 5) is 11.2. The average Bonchev–Trinajstić information content (AvgIpc) is 2.50. The topological polar surface area (TPSA) is 85.2 Å². The van der Waals surface area contributed by atoms with E-state index >= 15 is 0 Å². The van der Waals surface area contributed by atoms with Crippen LogP contribution in [0.25, 0.3) is 0 Å². The summed E-state index contributed by atoms with van der Waals surface area (Å²) in [5, 5.41) is 18.6. The molecule has 0 bridgehead atoms. The maximum Gasteiger partial charge on any atom is 0.376 e. The third kappa shape index (κ3) is 3.73. The summed E-state index contributed by atoms with van der Waals surface area (Å²) in [7, 11) is 0. The standard InChI is InChI=1S/C14H22F2O6/c1-12(15,16)11(19)22-10-2-4-14(5-3-10)20-8-13(6-17,7-18)9-21-14/h10,17-18H,2-9H2,1H3. The van der Waals surface area contributed by atoms with Crippen LogP contribution in [-0.2, 0) is 19.0 Å². The van der Waals surface area contributed by atoms with Crippen LogP contribution in [0.4, 0.5) is 8.78 Å². The molecule has 0 aromatic carbocycles. The molecule has 2 fully saturated rings. The Bertz CT molecular complexity index is 385. The van der Waals surface area contributed by atoms with Crippen molar-refractivity contribution in [1.82, 2.24) is 0 Å². The summed E-state index contributed by atoms with van der Waals surface area (Å²) in [6.45, 7) is 0.349. The predicted molar refractivity (Wildman–Crippen MR) is 70.2 cm³/mol. The molecule has 8 heteroatoms. The van der Waals surface area contributed by atoms with Crippen molar-refractivity contribution in [2.24, 2.45) is 5.41 Å². The van der Waals surface area contributed by atoms with Crippen LogP contribution in [-0.4, -0.2) is 60.4 Å². The average molecular weight is 324 g/mol. The molecule has 0 radical (unpaired) electrons. The highest BCUT2D eigenvalue weighted by atomic mass is 19.3. The molecule has 0 aromatic rings. The van der Waals surface area contributed by atoms with Crippen molar-refractivity contribution in [3.8, 4) is 0 Å². The summed E-state index contributed by atoms with van der Waals surface area (Å²) in [6, 6.07) is 0. The van der Waals surface area contributed by atoms with Crippen LogP contribution in [0, 0.1) is 5.41 Å². The van der Waals surface area contributed by atoms with Crippen LogP contribution in [0.5, 0.6) is 0 Å². The van der Waals surface area contributed by atoms with Gasteiger partial charge in [-0.2, -0.15) is 8.78 Å². The minimum atomic E-state index is -3.49. The Balaban J connectivity index is 1.84. The molecule has 1 saturated carbocycles. The first-order valence-corrected chi connectivity index (χ1v) is 7.33. The van der Waals surface area contributed by atoms with Gasteiger partial charge in [0, 0.05) is 19.8 Å². The Morgan fingerprint density at radius 2 is 1.73 bits per heavy atom. The van der Waals surface area contributed by atoms with Crippen LogP contribution in [0.1, 0.15) is 32.6 Å². The fourth-order valence-corrected chi connectivity index (χ4v) is 2.58. The van der Waals surface area contributed by atoms with Gasteiger partial charge in [-0.15, -0.1) is 0 Å². The van der Waals surface area contributed by atoms with Gasteiger partial charge in [-0.3, -0.25) is 0 Å². The van der Waals surface area contributed by atoms with Gasteiger partial charge in [0.15, 0.2) is 5.79 Å². The first-order chi connectivity index (χ1) is 10.2. The van der Waals surface area contributed by atoms with E-state index in [4.69, 9.17) is 14.2 Å². The van der Waals surface area contributed by atoms with E-state index < -0.39 is 29.2 Å². The van der Waals surface area contributed by atoms with E-state index in [0.29, 0.717) is 32.6 Å². The molecule has 0 atom stereocenters. The third-order valence-corrected chi connectivity index (χ3v) is 4.28. The number of aliphatic hydroxyl groups excluding tert-OH is 2. The van der Waals surface area contributed by atoms with Gasteiger partial charge >= 0.3 is 11.9 Å². The monoisotopic (exact) mass is 324 g/mol. The molecule has 1 aliphatic heterocycles. The highest BCUT2D eigenvalue weighted by Gasteiger charge is 2.47. The summed E-state index contributed by atoms with van der Waals surface area (Å²) in [5.74, 6) is -5.85. The van der Waals surface area contributed by atoms with Gasteiger partial charge in [0.25, 0.3) is 0 Å². The van der Waals surface area contributed by atoms with Gasteiger partial charge in [0.05, 0.1) is 31.8 Å². The number of carbonyl (C=O) groups is 1. The van der Waals surface area contributed by atoms with E-state index in [9.17, 15) is 23.8 Å². The van der Waals surface area contributed by atoms with Crippen molar-refractivity contribution in [1.29, 1.82) is 0 Å².